The van der Waals surface area contributed by atoms with Crippen LogP contribution in [0.5, 0.6) is 5.75 Å². The number of hydrogen-bond acceptors (Lipinski definition) is 2. The fourth-order valence-corrected chi connectivity index (χ4v) is 3.56. The first kappa shape index (κ1) is 14.2. The molecular formula is C16H16BrNO3. The number of carboxylic acid groups (broad SMARTS) is 1. The topological polar surface area (TPSA) is 51.5 Å². The SMILES string of the molecule is CCc1c(C(=O)O)cn2c1-c1cc(Br)c(OC)cc1CC2. The van der Waals surface area contributed by atoms with Crippen molar-refractivity contribution < 1.29 is 14.6 Å². The number of halogens is 1. The van der Waals surface area contributed by atoms with Crippen molar-refractivity contribution in [3.63, 3.8) is 0 Å². The van der Waals surface area contributed by atoms with Crippen molar-refractivity contribution in [2.24, 2.45) is 0 Å². The number of methoxy groups -OCH3 is 1. The minimum atomic E-state index is -0.858. The first-order chi connectivity index (χ1) is 10.1. The van der Waals surface area contributed by atoms with Crippen molar-refractivity contribution in [1.29, 1.82) is 0 Å². The number of fused-ring (bicyclic) bond motifs is 3. The second-order valence-electron chi connectivity index (χ2n) is 5.12. The zero-order valence-corrected chi connectivity index (χ0v) is 13.5. The van der Waals surface area contributed by atoms with E-state index in [4.69, 9.17) is 4.74 Å². The Labute approximate surface area is 131 Å². The van der Waals surface area contributed by atoms with Crippen LogP contribution in [0, 0.1) is 0 Å². The van der Waals surface area contributed by atoms with Gasteiger partial charge >= 0.3 is 5.97 Å². The standard InChI is InChI=1S/C16H16BrNO3/c1-3-10-12(16(19)20)8-18-5-4-9-6-14(21-2)13(17)7-11(9)15(10)18/h6-8H,3-5H2,1-2H3,(H,19,20). The summed E-state index contributed by atoms with van der Waals surface area (Å²) in [7, 11) is 1.65. The summed E-state index contributed by atoms with van der Waals surface area (Å²) in [4.78, 5) is 11.4. The number of carboxylic acids is 1. The predicted octanol–water partition coefficient (Wildman–Crippen LogP) is 3.74. The average Bonchev–Trinajstić information content (AvgIpc) is 2.85. The summed E-state index contributed by atoms with van der Waals surface area (Å²) < 4.78 is 8.30. The number of aryl methyl sites for hydroxylation is 2. The molecule has 1 aromatic heterocycles. The van der Waals surface area contributed by atoms with Gasteiger partial charge in [-0.3, -0.25) is 0 Å². The monoisotopic (exact) mass is 349 g/mol. The number of hydrogen-bond donors (Lipinski definition) is 1. The van der Waals surface area contributed by atoms with E-state index < -0.39 is 5.97 Å². The lowest BCUT2D eigenvalue weighted by Crippen LogP contribution is -2.11. The molecule has 1 aromatic carbocycles. The number of aromatic carboxylic acids is 1. The van der Waals surface area contributed by atoms with Crippen molar-refractivity contribution in [3.8, 4) is 17.0 Å². The van der Waals surface area contributed by atoms with Gasteiger partial charge in [-0.1, -0.05) is 6.92 Å². The molecule has 2 heterocycles. The highest BCUT2D eigenvalue weighted by molar-refractivity contribution is 9.10. The fourth-order valence-electron chi connectivity index (χ4n) is 3.06. The van der Waals surface area contributed by atoms with Crippen LogP contribution in [0.25, 0.3) is 11.3 Å². The maximum atomic E-state index is 11.4. The predicted molar refractivity (Wildman–Crippen MR) is 84.2 cm³/mol. The van der Waals surface area contributed by atoms with Gasteiger partial charge in [-0.2, -0.15) is 0 Å². The Hall–Kier alpha value is -1.75. The smallest absolute Gasteiger partial charge is 0.337 e. The molecule has 0 unspecified atom stereocenters. The van der Waals surface area contributed by atoms with E-state index in [-0.39, 0.29) is 0 Å². The Morgan fingerprint density at radius 1 is 1.48 bits per heavy atom. The number of rotatable bonds is 3. The highest BCUT2D eigenvalue weighted by atomic mass is 79.9. The highest BCUT2D eigenvalue weighted by Crippen LogP contribution is 2.40. The molecule has 0 radical (unpaired) electrons. The number of aromatic nitrogens is 1. The van der Waals surface area contributed by atoms with E-state index in [0.717, 1.165) is 40.0 Å². The Morgan fingerprint density at radius 2 is 2.24 bits per heavy atom. The molecule has 21 heavy (non-hydrogen) atoms. The molecule has 0 spiro atoms. The second-order valence-corrected chi connectivity index (χ2v) is 5.97. The lowest BCUT2D eigenvalue weighted by molar-refractivity contribution is 0.0696. The van der Waals surface area contributed by atoms with Crippen molar-refractivity contribution >= 4 is 21.9 Å². The van der Waals surface area contributed by atoms with Crippen molar-refractivity contribution in [1.82, 2.24) is 4.57 Å². The number of nitrogens with zero attached hydrogens (tertiary/aromatic N) is 1. The molecule has 0 bridgehead atoms. The van der Waals surface area contributed by atoms with Crippen LogP contribution in [0.1, 0.15) is 28.4 Å². The van der Waals surface area contributed by atoms with Gasteiger partial charge in [0.15, 0.2) is 0 Å². The average molecular weight is 350 g/mol. The van der Waals surface area contributed by atoms with Crippen LogP contribution in [0.2, 0.25) is 0 Å². The summed E-state index contributed by atoms with van der Waals surface area (Å²) in [6.07, 6.45) is 3.34. The Morgan fingerprint density at radius 3 is 2.86 bits per heavy atom. The molecule has 0 amide bonds. The number of benzene rings is 1. The zero-order chi connectivity index (χ0) is 15.1. The maximum absolute atomic E-state index is 11.4. The zero-order valence-electron chi connectivity index (χ0n) is 11.9. The summed E-state index contributed by atoms with van der Waals surface area (Å²) in [6.45, 7) is 2.79. The molecule has 4 nitrogen and oxygen atoms in total. The van der Waals surface area contributed by atoms with E-state index in [1.807, 2.05) is 19.1 Å². The quantitative estimate of drug-likeness (QED) is 0.918. The van der Waals surface area contributed by atoms with Gasteiger partial charge in [0, 0.05) is 18.3 Å². The molecule has 3 rings (SSSR count). The number of carbonyl (C=O) groups is 1. The molecular weight excluding hydrogens is 334 g/mol. The Bertz CT molecular complexity index is 734. The Kier molecular flexibility index (Phi) is 3.53. The van der Waals surface area contributed by atoms with Gasteiger partial charge < -0.3 is 14.4 Å². The van der Waals surface area contributed by atoms with Gasteiger partial charge in [-0.15, -0.1) is 0 Å². The Balaban J connectivity index is 2.27. The van der Waals surface area contributed by atoms with Crippen molar-refractivity contribution in [3.05, 3.63) is 39.5 Å². The minimum Gasteiger partial charge on any atom is -0.496 e. The summed E-state index contributed by atoms with van der Waals surface area (Å²) in [6, 6.07) is 4.07. The lowest BCUT2D eigenvalue weighted by Gasteiger charge is -2.22. The molecule has 1 aliphatic rings. The molecule has 0 aliphatic carbocycles. The molecule has 5 heteroatoms. The van der Waals surface area contributed by atoms with E-state index in [1.165, 1.54) is 5.56 Å². The van der Waals surface area contributed by atoms with E-state index in [1.54, 1.807) is 13.3 Å². The first-order valence-electron chi connectivity index (χ1n) is 6.88. The molecule has 1 N–H and O–H groups in total. The highest BCUT2D eigenvalue weighted by Gasteiger charge is 2.25. The molecule has 0 atom stereocenters. The van der Waals surface area contributed by atoms with Crippen LogP contribution >= 0.6 is 15.9 Å². The van der Waals surface area contributed by atoms with E-state index in [0.29, 0.717) is 12.0 Å². The molecule has 0 saturated heterocycles. The molecule has 110 valence electrons. The molecule has 0 fully saturated rings. The van der Waals surface area contributed by atoms with Gasteiger partial charge in [0.2, 0.25) is 0 Å². The largest absolute Gasteiger partial charge is 0.496 e. The number of ether oxygens (including phenoxy) is 1. The molecule has 0 saturated carbocycles. The van der Waals surface area contributed by atoms with Gasteiger partial charge in [0.05, 0.1) is 22.8 Å². The normalized spacial score (nSPS) is 12.7. The lowest BCUT2D eigenvalue weighted by atomic mass is 9.94. The summed E-state index contributed by atoms with van der Waals surface area (Å²) >= 11 is 3.52. The third kappa shape index (κ3) is 2.16. The third-order valence-electron chi connectivity index (χ3n) is 4.02. The van der Waals surface area contributed by atoms with Crippen LogP contribution in [0.4, 0.5) is 0 Å². The van der Waals surface area contributed by atoms with Crippen LogP contribution in [0.3, 0.4) is 0 Å². The fraction of sp³-hybridized carbons (Fsp3) is 0.312. The van der Waals surface area contributed by atoms with Gasteiger partial charge in [-0.25, -0.2) is 4.79 Å². The van der Waals surface area contributed by atoms with Crippen molar-refractivity contribution in [2.75, 3.05) is 7.11 Å². The van der Waals surface area contributed by atoms with Gasteiger partial charge in [0.25, 0.3) is 0 Å². The van der Waals surface area contributed by atoms with Crippen LogP contribution in [-0.2, 0) is 19.4 Å². The summed E-state index contributed by atoms with van der Waals surface area (Å²) in [5.41, 5.74) is 4.64. The maximum Gasteiger partial charge on any atom is 0.337 e. The van der Waals surface area contributed by atoms with Crippen LogP contribution in [0.15, 0.2) is 22.8 Å². The van der Waals surface area contributed by atoms with Crippen LogP contribution in [-0.4, -0.2) is 22.8 Å². The molecule has 2 aromatic rings. The van der Waals surface area contributed by atoms with Crippen molar-refractivity contribution in [2.45, 2.75) is 26.3 Å². The van der Waals surface area contributed by atoms with Gasteiger partial charge in [0.1, 0.15) is 5.75 Å². The first-order valence-corrected chi connectivity index (χ1v) is 7.68. The second kappa shape index (κ2) is 5.22. The summed E-state index contributed by atoms with van der Waals surface area (Å²) in [5, 5.41) is 9.39. The third-order valence-corrected chi connectivity index (χ3v) is 4.64. The molecule has 1 aliphatic heterocycles. The van der Waals surface area contributed by atoms with E-state index >= 15 is 0 Å². The minimum absolute atomic E-state index is 0.410. The van der Waals surface area contributed by atoms with E-state index in [9.17, 15) is 9.90 Å². The van der Waals surface area contributed by atoms with Gasteiger partial charge in [-0.05, 0) is 52.0 Å². The van der Waals surface area contributed by atoms with Crippen LogP contribution < -0.4 is 4.74 Å². The summed E-state index contributed by atoms with van der Waals surface area (Å²) in [5.74, 6) is -0.0480. The van der Waals surface area contributed by atoms with E-state index in [2.05, 4.69) is 20.5 Å².